The Hall–Kier alpha value is -3.17. The monoisotopic (exact) mass is 387 g/mol. The van der Waals surface area contributed by atoms with Crippen molar-refractivity contribution in [2.75, 3.05) is 13.2 Å². The standard InChI is InChI=1S/C17H16F3NO6/c1-10-12(16(23)24)6-11(27-10)7-21-15(22)8-25-13-4-2-3-5-14(13)26-9-17(18,19)20/h2-6H,7-9H2,1H3,(H,21,22)(H,23,24). The van der Waals surface area contributed by atoms with Crippen molar-refractivity contribution in [2.45, 2.75) is 19.6 Å². The summed E-state index contributed by atoms with van der Waals surface area (Å²) in [7, 11) is 0. The van der Waals surface area contributed by atoms with Crippen molar-refractivity contribution in [1.82, 2.24) is 5.32 Å². The molecule has 0 spiro atoms. The molecular weight excluding hydrogens is 371 g/mol. The van der Waals surface area contributed by atoms with Gasteiger partial charge in [-0.05, 0) is 25.1 Å². The number of carboxylic acid groups (broad SMARTS) is 1. The molecule has 0 radical (unpaired) electrons. The molecule has 1 amide bonds. The quantitative estimate of drug-likeness (QED) is 0.723. The number of furan rings is 1. The van der Waals surface area contributed by atoms with Crippen molar-refractivity contribution in [3.63, 3.8) is 0 Å². The van der Waals surface area contributed by atoms with Gasteiger partial charge in [0.15, 0.2) is 24.7 Å². The first kappa shape index (κ1) is 20.1. The second-order valence-corrected chi connectivity index (χ2v) is 5.40. The molecule has 146 valence electrons. The van der Waals surface area contributed by atoms with Gasteiger partial charge in [0.25, 0.3) is 5.91 Å². The van der Waals surface area contributed by atoms with Crippen LogP contribution in [0.4, 0.5) is 13.2 Å². The summed E-state index contributed by atoms with van der Waals surface area (Å²) < 4.78 is 51.8. The van der Waals surface area contributed by atoms with Gasteiger partial charge in [0.05, 0.1) is 6.54 Å². The number of aryl methyl sites for hydroxylation is 1. The van der Waals surface area contributed by atoms with Crippen LogP contribution >= 0.6 is 0 Å². The van der Waals surface area contributed by atoms with Gasteiger partial charge in [0.2, 0.25) is 0 Å². The first-order valence-electron chi connectivity index (χ1n) is 7.66. The van der Waals surface area contributed by atoms with Crippen LogP contribution in [-0.4, -0.2) is 36.4 Å². The Balaban J connectivity index is 1.87. The highest BCUT2D eigenvalue weighted by atomic mass is 19.4. The fourth-order valence-electron chi connectivity index (χ4n) is 2.07. The smallest absolute Gasteiger partial charge is 0.422 e. The molecule has 2 rings (SSSR count). The largest absolute Gasteiger partial charge is 0.480 e. The van der Waals surface area contributed by atoms with Gasteiger partial charge in [-0.3, -0.25) is 4.79 Å². The lowest BCUT2D eigenvalue weighted by Gasteiger charge is -2.13. The Morgan fingerprint density at radius 3 is 2.37 bits per heavy atom. The van der Waals surface area contributed by atoms with Crippen molar-refractivity contribution in [1.29, 1.82) is 0 Å². The van der Waals surface area contributed by atoms with E-state index in [2.05, 4.69) is 10.1 Å². The topological polar surface area (TPSA) is 98.0 Å². The molecule has 0 atom stereocenters. The Kier molecular flexibility index (Phi) is 6.32. The Labute approximate surface area is 151 Å². The molecule has 2 aromatic rings. The minimum atomic E-state index is -4.50. The lowest BCUT2D eigenvalue weighted by Crippen LogP contribution is -2.28. The summed E-state index contributed by atoms with van der Waals surface area (Å²) in [5, 5.41) is 11.4. The maximum absolute atomic E-state index is 12.3. The van der Waals surface area contributed by atoms with E-state index in [0.29, 0.717) is 0 Å². The number of hydrogen-bond donors (Lipinski definition) is 2. The summed E-state index contributed by atoms with van der Waals surface area (Å²) in [6, 6.07) is 6.94. The molecular formula is C17H16F3NO6. The van der Waals surface area contributed by atoms with Crippen LogP contribution in [0.1, 0.15) is 21.9 Å². The van der Waals surface area contributed by atoms with Crippen LogP contribution in [0.2, 0.25) is 0 Å². The van der Waals surface area contributed by atoms with Crippen LogP contribution in [0.25, 0.3) is 0 Å². The average molecular weight is 387 g/mol. The molecule has 10 heteroatoms. The van der Waals surface area contributed by atoms with Gasteiger partial charge in [-0.25, -0.2) is 4.79 Å². The molecule has 0 aliphatic rings. The number of rotatable bonds is 8. The molecule has 0 unspecified atom stereocenters. The van der Waals surface area contributed by atoms with E-state index in [-0.39, 0.29) is 35.1 Å². The summed E-state index contributed by atoms with van der Waals surface area (Å²) >= 11 is 0. The van der Waals surface area contributed by atoms with Crippen molar-refractivity contribution < 1.29 is 41.8 Å². The van der Waals surface area contributed by atoms with Crippen LogP contribution in [-0.2, 0) is 11.3 Å². The second-order valence-electron chi connectivity index (χ2n) is 5.40. The number of carboxylic acids is 1. The van der Waals surface area contributed by atoms with Crippen molar-refractivity contribution in [2.24, 2.45) is 0 Å². The summed E-state index contributed by atoms with van der Waals surface area (Å²) in [4.78, 5) is 22.8. The van der Waals surface area contributed by atoms with Gasteiger partial charge in [0, 0.05) is 0 Å². The predicted molar refractivity (Wildman–Crippen MR) is 85.7 cm³/mol. The zero-order chi connectivity index (χ0) is 20.0. The first-order valence-corrected chi connectivity index (χ1v) is 7.66. The Morgan fingerprint density at radius 2 is 1.81 bits per heavy atom. The summed E-state index contributed by atoms with van der Waals surface area (Å²) in [6.45, 7) is -0.542. The zero-order valence-corrected chi connectivity index (χ0v) is 14.1. The second kappa shape index (κ2) is 8.47. The predicted octanol–water partition coefficient (Wildman–Crippen LogP) is 2.92. The van der Waals surface area contributed by atoms with E-state index in [1.807, 2.05) is 0 Å². The third-order valence-electron chi connectivity index (χ3n) is 3.26. The van der Waals surface area contributed by atoms with Crippen LogP contribution in [0.3, 0.4) is 0 Å². The first-order chi connectivity index (χ1) is 12.7. The van der Waals surface area contributed by atoms with E-state index >= 15 is 0 Å². The number of nitrogens with one attached hydrogen (secondary N) is 1. The molecule has 27 heavy (non-hydrogen) atoms. The minimum Gasteiger partial charge on any atom is -0.480 e. The number of halogens is 3. The van der Waals surface area contributed by atoms with Crippen LogP contribution in [0.5, 0.6) is 11.5 Å². The summed E-state index contributed by atoms with van der Waals surface area (Å²) in [5.74, 6) is -1.43. The molecule has 1 heterocycles. The van der Waals surface area contributed by atoms with Crippen LogP contribution in [0.15, 0.2) is 34.7 Å². The summed E-state index contributed by atoms with van der Waals surface area (Å²) in [6.07, 6.45) is -4.50. The highest BCUT2D eigenvalue weighted by Crippen LogP contribution is 2.28. The zero-order valence-electron chi connectivity index (χ0n) is 14.1. The third kappa shape index (κ3) is 6.24. The number of amides is 1. The minimum absolute atomic E-state index is 0.00811. The lowest BCUT2D eigenvalue weighted by atomic mass is 10.2. The highest BCUT2D eigenvalue weighted by molar-refractivity contribution is 5.88. The van der Waals surface area contributed by atoms with Crippen LogP contribution in [0, 0.1) is 6.92 Å². The molecule has 0 fully saturated rings. The third-order valence-corrected chi connectivity index (χ3v) is 3.26. The maximum Gasteiger partial charge on any atom is 0.422 e. The van der Waals surface area contributed by atoms with Gasteiger partial charge in [-0.15, -0.1) is 0 Å². The molecule has 0 bridgehead atoms. The number of para-hydroxylation sites is 2. The molecule has 2 N–H and O–H groups in total. The molecule has 0 saturated heterocycles. The van der Waals surface area contributed by atoms with E-state index < -0.39 is 31.3 Å². The fourth-order valence-corrected chi connectivity index (χ4v) is 2.07. The molecule has 7 nitrogen and oxygen atoms in total. The van der Waals surface area contributed by atoms with Gasteiger partial charge in [0.1, 0.15) is 17.1 Å². The van der Waals surface area contributed by atoms with Crippen molar-refractivity contribution in [3.8, 4) is 11.5 Å². The van der Waals surface area contributed by atoms with Gasteiger partial charge >= 0.3 is 12.1 Å². The van der Waals surface area contributed by atoms with Gasteiger partial charge < -0.3 is 24.3 Å². The van der Waals surface area contributed by atoms with Gasteiger partial charge in [-0.1, -0.05) is 12.1 Å². The van der Waals surface area contributed by atoms with Gasteiger partial charge in [-0.2, -0.15) is 13.2 Å². The SMILES string of the molecule is Cc1oc(CNC(=O)COc2ccccc2OCC(F)(F)F)cc1C(=O)O. The Morgan fingerprint density at radius 1 is 1.19 bits per heavy atom. The van der Waals surface area contributed by atoms with E-state index in [1.54, 1.807) is 0 Å². The molecule has 0 aliphatic carbocycles. The number of ether oxygens (including phenoxy) is 2. The fraction of sp³-hybridized carbons (Fsp3) is 0.294. The van der Waals surface area contributed by atoms with E-state index in [0.717, 1.165) is 0 Å². The number of alkyl halides is 3. The molecule has 0 saturated carbocycles. The average Bonchev–Trinajstić information content (AvgIpc) is 2.97. The number of aromatic carboxylic acids is 1. The normalized spacial score (nSPS) is 11.1. The van der Waals surface area contributed by atoms with Crippen molar-refractivity contribution >= 4 is 11.9 Å². The number of hydrogen-bond acceptors (Lipinski definition) is 5. The van der Waals surface area contributed by atoms with Crippen LogP contribution < -0.4 is 14.8 Å². The van der Waals surface area contributed by atoms with E-state index in [1.165, 1.54) is 37.3 Å². The molecule has 0 aliphatic heterocycles. The number of benzene rings is 1. The highest BCUT2D eigenvalue weighted by Gasteiger charge is 2.29. The van der Waals surface area contributed by atoms with Crippen molar-refractivity contribution in [3.05, 3.63) is 47.4 Å². The molecule has 1 aromatic carbocycles. The number of carbonyl (C=O) groups is 2. The lowest BCUT2D eigenvalue weighted by molar-refractivity contribution is -0.153. The van der Waals surface area contributed by atoms with E-state index in [4.69, 9.17) is 14.3 Å². The maximum atomic E-state index is 12.3. The molecule has 1 aromatic heterocycles. The Bertz CT molecular complexity index is 815. The van der Waals surface area contributed by atoms with E-state index in [9.17, 15) is 22.8 Å². The number of carbonyl (C=O) groups excluding carboxylic acids is 1. The summed E-state index contributed by atoms with van der Waals surface area (Å²) in [5.41, 5.74) is -0.00811.